The molecule has 0 aromatic rings. The number of hydrogen-bond acceptors (Lipinski definition) is 3. The Hall–Kier alpha value is -0.610. The Balaban J connectivity index is 1.46. The Morgan fingerprint density at radius 2 is 1.56 bits per heavy atom. The van der Waals surface area contributed by atoms with Gasteiger partial charge in [-0.15, -0.1) is 0 Å². The summed E-state index contributed by atoms with van der Waals surface area (Å²) in [6.07, 6.45) is 5.49. The quantitative estimate of drug-likeness (QED) is 0.780. The molecule has 3 aliphatic rings. The van der Waals surface area contributed by atoms with Gasteiger partial charge in [0, 0.05) is 50.8 Å². The lowest BCUT2D eigenvalue weighted by Crippen LogP contribution is -2.62. The predicted octanol–water partition coefficient (Wildman–Crippen LogP) is 3.07. The zero-order valence-electron chi connectivity index (χ0n) is 17.1. The molecule has 0 bridgehead atoms. The summed E-state index contributed by atoms with van der Waals surface area (Å²) in [5.74, 6) is 2.42. The molecule has 0 N–H and O–H groups in total. The Labute approximate surface area is 154 Å². The molecule has 1 amide bonds. The lowest BCUT2D eigenvalue weighted by atomic mass is 9.79. The van der Waals surface area contributed by atoms with Gasteiger partial charge in [-0.05, 0) is 58.3 Å². The predicted molar refractivity (Wildman–Crippen MR) is 104 cm³/mol. The van der Waals surface area contributed by atoms with Crippen molar-refractivity contribution in [3.63, 3.8) is 0 Å². The zero-order chi connectivity index (χ0) is 18.1. The first kappa shape index (κ1) is 19.2. The van der Waals surface area contributed by atoms with Crippen LogP contribution in [0, 0.1) is 17.8 Å². The molecular weight excluding hydrogens is 310 g/mol. The molecule has 4 nitrogen and oxygen atoms in total. The first-order valence-electron chi connectivity index (χ1n) is 10.6. The topological polar surface area (TPSA) is 26.8 Å². The van der Waals surface area contributed by atoms with Gasteiger partial charge in [0.2, 0.25) is 5.91 Å². The molecule has 0 spiro atoms. The van der Waals surface area contributed by atoms with Gasteiger partial charge in [-0.1, -0.05) is 13.8 Å². The van der Waals surface area contributed by atoms with E-state index in [-0.39, 0.29) is 5.92 Å². The lowest BCUT2D eigenvalue weighted by molar-refractivity contribution is -0.145. The molecule has 144 valence electrons. The Morgan fingerprint density at radius 1 is 0.920 bits per heavy atom. The first-order chi connectivity index (χ1) is 11.9. The van der Waals surface area contributed by atoms with Gasteiger partial charge in [-0.3, -0.25) is 14.6 Å². The van der Waals surface area contributed by atoms with Crippen molar-refractivity contribution in [2.45, 2.75) is 78.4 Å². The van der Waals surface area contributed by atoms with Gasteiger partial charge >= 0.3 is 0 Å². The highest BCUT2D eigenvalue weighted by Crippen LogP contribution is 2.33. The van der Waals surface area contributed by atoms with Crippen LogP contribution in [0.15, 0.2) is 0 Å². The van der Waals surface area contributed by atoms with Crippen molar-refractivity contribution >= 4 is 5.91 Å². The number of amides is 1. The van der Waals surface area contributed by atoms with Crippen LogP contribution in [-0.2, 0) is 4.79 Å². The van der Waals surface area contributed by atoms with E-state index in [1.807, 2.05) is 0 Å². The van der Waals surface area contributed by atoms with Crippen molar-refractivity contribution < 1.29 is 4.79 Å². The third kappa shape index (κ3) is 4.21. The molecule has 0 unspecified atom stereocenters. The van der Waals surface area contributed by atoms with Crippen LogP contribution >= 0.6 is 0 Å². The van der Waals surface area contributed by atoms with E-state index < -0.39 is 0 Å². The molecule has 2 heterocycles. The highest BCUT2D eigenvalue weighted by atomic mass is 16.2. The summed E-state index contributed by atoms with van der Waals surface area (Å²) >= 11 is 0. The zero-order valence-corrected chi connectivity index (χ0v) is 17.1. The van der Waals surface area contributed by atoms with Crippen molar-refractivity contribution in [1.82, 2.24) is 14.7 Å². The van der Waals surface area contributed by atoms with Crippen LogP contribution in [0.1, 0.15) is 60.3 Å². The van der Waals surface area contributed by atoms with Crippen LogP contribution < -0.4 is 0 Å². The molecule has 1 aliphatic carbocycles. The number of carbonyl (C=O) groups excluding carboxylic acids is 1. The third-order valence-electron chi connectivity index (χ3n) is 7.13. The minimum Gasteiger partial charge on any atom is -0.340 e. The Kier molecular flexibility index (Phi) is 6.10. The van der Waals surface area contributed by atoms with Crippen LogP contribution in [-0.4, -0.2) is 71.5 Å². The van der Waals surface area contributed by atoms with Gasteiger partial charge in [-0.25, -0.2) is 0 Å². The van der Waals surface area contributed by atoms with Crippen LogP contribution in [0.2, 0.25) is 0 Å². The fourth-order valence-corrected chi connectivity index (χ4v) is 5.16. The second-order valence-corrected chi connectivity index (χ2v) is 9.43. The minimum absolute atomic E-state index is 0.252. The number of piperazine rings is 1. The summed E-state index contributed by atoms with van der Waals surface area (Å²) in [5, 5.41) is 0. The van der Waals surface area contributed by atoms with Crippen LogP contribution in [0.4, 0.5) is 0 Å². The van der Waals surface area contributed by atoms with E-state index in [1.165, 1.54) is 25.7 Å². The molecule has 1 saturated carbocycles. The van der Waals surface area contributed by atoms with Crippen molar-refractivity contribution in [1.29, 1.82) is 0 Å². The molecule has 0 aromatic carbocycles. The first-order valence-corrected chi connectivity index (χ1v) is 10.6. The van der Waals surface area contributed by atoms with E-state index >= 15 is 0 Å². The summed E-state index contributed by atoms with van der Waals surface area (Å²) in [7, 11) is 0. The van der Waals surface area contributed by atoms with E-state index in [4.69, 9.17) is 0 Å². The second kappa shape index (κ2) is 7.96. The lowest BCUT2D eigenvalue weighted by Gasteiger charge is -2.48. The molecule has 0 aromatic heterocycles. The standard InChI is InChI=1S/C21H39N3O/c1-15(2)18-6-8-20(9-7-18)24-11-10-22(12-17(24)5)21(25)19-13-23(14-19)16(3)4/h15-20H,6-14H2,1-5H3/t17-,18?,20?/m0/s1. The van der Waals surface area contributed by atoms with Crippen molar-refractivity contribution in [3.05, 3.63) is 0 Å². The number of rotatable bonds is 4. The fourth-order valence-electron chi connectivity index (χ4n) is 5.16. The van der Waals surface area contributed by atoms with Crippen molar-refractivity contribution in [2.75, 3.05) is 32.7 Å². The summed E-state index contributed by atoms with van der Waals surface area (Å²) in [6, 6.07) is 1.84. The molecule has 3 rings (SSSR count). The normalized spacial score (nSPS) is 33.1. The molecule has 1 atom stereocenters. The Bertz CT molecular complexity index is 450. The number of hydrogen-bond donors (Lipinski definition) is 0. The summed E-state index contributed by atoms with van der Waals surface area (Å²) < 4.78 is 0. The minimum atomic E-state index is 0.252. The third-order valence-corrected chi connectivity index (χ3v) is 7.13. The van der Waals surface area contributed by atoms with Crippen LogP contribution in [0.5, 0.6) is 0 Å². The van der Waals surface area contributed by atoms with Gasteiger partial charge < -0.3 is 4.90 Å². The van der Waals surface area contributed by atoms with E-state index in [9.17, 15) is 4.79 Å². The average Bonchev–Trinajstić information content (AvgIpc) is 2.53. The van der Waals surface area contributed by atoms with Crippen molar-refractivity contribution in [3.8, 4) is 0 Å². The molecule has 4 heteroatoms. The highest BCUT2D eigenvalue weighted by molar-refractivity contribution is 5.80. The Morgan fingerprint density at radius 3 is 2.08 bits per heavy atom. The molecular formula is C21H39N3O. The fraction of sp³-hybridized carbons (Fsp3) is 0.952. The van der Waals surface area contributed by atoms with E-state index in [2.05, 4.69) is 49.3 Å². The maximum Gasteiger partial charge on any atom is 0.228 e. The van der Waals surface area contributed by atoms with Crippen LogP contribution in [0.3, 0.4) is 0 Å². The number of nitrogens with zero attached hydrogens (tertiary/aromatic N) is 3. The number of likely N-dealkylation sites (tertiary alicyclic amines) is 1. The summed E-state index contributed by atoms with van der Waals surface area (Å²) in [4.78, 5) is 20.0. The molecule has 3 fully saturated rings. The second-order valence-electron chi connectivity index (χ2n) is 9.43. The van der Waals surface area contributed by atoms with Gasteiger partial charge in [0.25, 0.3) is 0 Å². The number of carbonyl (C=O) groups is 1. The smallest absolute Gasteiger partial charge is 0.228 e. The van der Waals surface area contributed by atoms with Crippen molar-refractivity contribution in [2.24, 2.45) is 17.8 Å². The van der Waals surface area contributed by atoms with E-state index in [1.54, 1.807) is 0 Å². The maximum absolute atomic E-state index is 12.8. The molecule has 2 saturated heterocycles. The SMILES string of the molecule is CC(C)C1CCC(N2CCN(C(=O)C3CN(C(C)C)C3)C[C@@H]2C)CC1. The molecule has 0 radical (unpaired) electrons. The van der Waals surface area contributed by atoms with Gasteiger partial charge in [0.05, 0.1) is 5.92 Å². The summed E-state index contributed by atoms with van der Waals surface area (Å²) in [5.41, 5.74) is 0. The van der Waals surface area contributed by atoms with E-state index in [0.717, 1.165) is 50.6 Å². The highest BCUT2D eigenvalue weighted by Gasteiger charge is 2.39. The summed E-state index contributed by atoms with van der Waals surface area (Å²) in [6.45, 7) is 16.4. The van der Waals surface area contributed by atoms with Gasteiger partial charge in [0.1, 0.15) is 0 Å². The molecule has 25 heavy (non-hydrogen) atoms. The monoisotopic (exact) mass is 349 g/mol. The maximum atomic E-state index is 12.8. The average molecular weight is 350 g/mol. The largest absolute Gasteiger partial charge is 0.340 e. The van der Waals surface area contributed by atoms with E-state index in [0.29, 0.717) is 18.0 Å². The van der Waals surface area contributed by atoms with Gasteiger partial charge in [-0.2, -0.15) is 0 Å². The van der Waals surface area contributed by atoms with Gasteiger partial charge in [0.15, 0.2) is 0 Å². The molecule has 2 aliphatic heterocycles. The van der Waals surface area contributed by atoms with Crippen LogP contribution in [0.25, 0.3) is 0 Å².